The van der Waals surface area contributed by atoms with Crippen molar-refractivity contribution in [2.45, 2.75) is 162 Å². The molecule has 0 unspecified atom stereocenters. The number of rotatable bonds is 28. The molecule has 3 aromatic carbocycles. The van der Waals surface area contributed by atoms with E-state index in [0.717, 1.165) is 106 Å². The zero-order valence-corrected chi connectivity index (χ0v) is 36.5. The van der Waals surface area contributed by atoms with E-state index in [0.29, 0.717) is 55.6 Å². The van der Waals surface area contributed by atoms with Crippen LogP contribution in [0.4, 0.5) is 16.2 Å². The second-order valence-corrected chi connectivity index (χ2v) is 16.0. The van der Waals surface area contributed by atoms with Crippen LogP contribution in [-0.2, 0) is 35.3 Å². The van der Waals surface area contributed by atoms with Crippen molar-refractivity contribution < 1.29 is 33.4 Å². The van der Waals surface area contributed by atoms with Crippen molar-refractivity contribution in [3.05, 3.63) is 83.4 Å². The summed E-state index contributed by atoms with van der Waals surface area (Å²) >= 11 is 0. The molecule has 10 heteroatoms. The zero-order chi connectivity index (χ0) is 43.0. The van der Waals surface area contributed by atoms with E-state index < -0.39 is 6.09 Å². The standard InChI is InChI=1S/C50H69N3O7/c1-4-7-10-12-17-32-47(55)53(48(56)33-18-13-11-8-5-2)35-23-14-16-31-46(54)51-44-29-24-30-45(43(44)37-59-49(57)34-15-9-6-3)52-50(58)60-36-42-40-27-21-19-25-38(40)39-26-20-22-28-41(39)42/h19-22,24-30,42H,4-18,23,31-37H2,1-3H3,(H,51,54)(H,52,58). The Morgan fingerprint density at radius 2 is 1.03 bits per heavy atom. The van der Waals surface area contributed by atoms with Crippen LogP contribution in [0, 0.1) is 0 Å². The normalized spacial score (nSPS) is 11.7. The first-order valence-electron chi connectivity index (χ1n) is 22.8. The molecule has 0 atom stereocenters. The van der Waals surface area contributed by atoms with Crippen molar-refractivity contribution in [3.8, 4) is 11.1 Å². The van der Waals surface area contributed by atoms with Crippen molar-refractivity contribution in [1.29, 1.82) is 0 Å². The third kappa shape index (κ3) is 15.6. The number of anilines is 2. The van der Waals surface area contributed by atoms with Gasteiger partial charge in [0.05, 0.1) is 5.69 Å². The fraction of sp³-hybridized carbons (Fsp3) is 0.540. The number of unbranched alkanes of at least 4 members (excludes halogenated alkanes) is 12. The number of fused-ring (bicyclic) bond motifs is 3. The average molecular weight is 824 g/mol. The predicted octanol–water partition coefficient (Wildman–Crippen LogP) is 12.2. The summed E-state index contributed by atoms with van der Waals surface area (Å²) in [6.45, 7) is 6.74. The topological polar surface area (TPSA) is 131 Å². The first kappa shape index (κ1) is 47.7. The molecule has 0 saturated heterocycles. The van der Waals surface area contributed by atoms with Crippen molar-refractivity contribution in [2.24, 2.45) is 0 Å². The Morgan fingerprint density at radius 3 is 1.63 bits per heavy atom. The van der Waals surface area contributed by atoms with E-state index in [9.17, 15) is 24.0 Å². The summed E-state index contributed by atoms with van der Waals surface area (Å²) in [5.74, 6) is -0.870. The van der Waals surface area contributed by atoms with Crippen LogP contribution in [0.25, 0.3) is 11.1 Å². The number of benzene rings is 3. The maximum Gasteiger partial charge on any atom is 0.411 e. The van der Waals surface area contributed by atoms with Crippen LogP contribution in [0.2, 0.25) is 0 Å². The van der Waals surface area contributed by atoms with Gasteiger partial charge < -0.3 is 14.8 Å². The van der Waals surface area contributed by atoms with Gasteiger partial charge in [-0.15, -0.1) is 0 Å². The first-order chi connectivity index (χ1) is 29.3. The maximum atomic E-state index is 13.3. The fourth-order valence-electron chi connectivity index (χ4n) is 7.83. The molecule has 0 aromatic heterocycles. The van der Waals surface area contributed by atoms with Crippen LogP contribution in [0.15, 0.2) is 66.7 Å². The van der Waals surface area contributed by atoms with Gasteiger partial charge in [0.2, 0.25) is 17.7 Å². The first-order valence-corrected chi connectivity index (χ1v) is 22.8. The molecule has 0 heterocycles. The SMILES string of the molecule is CCCCCCCC(=O)N(CCCCCC(=O)Nc1cccc(NC(=O)OCC2c3ccccc3-c3ccccc32)c1COC(=O)CCCCC)C(=O)CCCCCCC. The van der Waals surface area contributed by atoms with Crippen molar-refractivity contribution >= 4 is 41.2 Å². The average Bonchev–Trinajstić information content (AvgIpc) is 3.57. The van der Waals surface area contributed by atoms with E-state index in [1.165, 1.54) is 4.90 Å². The molecular formula is C50H69N3O7. The van der Waals surface area contributed by atoms with Gasteiger partial charge in [0, 0.05) is 49.4 Å². The van der Waals surface area contributed by atoms with E-state index in [2.05, 4.69) is 55.7 Å². The molecule has 1 aliphatic rings. The number of hydrogen-bond acceptors (Lipinski definition) is 7. The van der Waals surface area contributed by atoms with Gasteiger partial charge in [-0.25, -0.2) is 4.79 Å². The lowest BCUT2D eigenvalue weighted by Crippen LogP contribution is -2.37. The number of imide groups is 1. The summed E-state index contributed by atoms with van der Waals surface area (Å²) < 4.78 is 11.5. The third-order valence-corrected chi connectivity index (χ3v) is 11.3. The maximum absolute atomic E-state index is 13.3. The Kier molecular flexibility index (Phi) is 21.4. The largest absolute Gasteiger partial charge is 0.461 e. The summed E-state index contributed by atoms with van der Waals surface area (Å²) in [6, 6.07) is 21.4. The van der Waals surface area contributed by atoms with E-state index in [1.807, 2.05) is 24.3 Å². The molecule has 326 valence electrons. The summed E-state index contributed by atoms with van der Waals surface area (Å²) in [7, 11) is 0. The summed E-state index contributed by atoms with van der Waals surface area (Å²) in [5.41, 5.74) is 5.73. The number of carbonyl (C=O) groups is 5. The Morgan fingerprint density at radius 1 is 0.533 bits per heavy atom. The Labute approximate surface area is 358 Å². The molecule has 0 bridgehead atoms. The van der Waals surface area contributed by atoms with Crippen LogP contribution < -0.4 is 10.6 Å². The van der Waals surface area contributed by atoms with E-state index >= 15 is 0 Å². The quantitative estimate of drug-likeness (QED) is 0.0550. The highest BCUT2D eigenvalue weighted by atomic mass is 16.5. The highest BCUT2D eigenvalue weighted by Crippen LogP contribution is 2.44. The number of nitrogens with zero attached hydrogens (tertiary/aromatic N) is 1. The van der Waals surface area contributed by atoms with Crippen LogP contribution in [0.1, 0.15) is 172 Å². The number of amides is 4. The molecule has 4 amide bonds. The molecule has 10 nitrogen and oxygen atoms in total. The zero-order valence-electron chi connectivity index (χ0n) is 36.5. The third-order valence-electron chi connectivity index (χ3n) is 11.3. The van der Waals surface area contributed by atoms with Gasteiger partial charge in [-0.2, -0.15) is 0 Å². The lowest BCUT2D eigenvalue weighted by atomic mass is 9.98. The van der Waals surface area contributed by atoms with Crippen LogP contribution >= 0.6 is 0 Å². The van der Waals surface area contributed by atoms with Gasteiger partial charge in [-0.1, -0.05) is 146 Å². The highest BCUT2D eigenvalue weighted by Gasteiger charge is 2.29. The van der Waals surface area contributed by atoms with Gasteiger partial charge in [0.25, 0.3) is 0 Å². The molecule has 60 heavy (non-hydrogen) atoms. The second-order valence-electron chi connectivity index (χ2n) is 16.0. The van der Waals surface area contributed by atoms with Crippen molar-refractivity contribution in [3.63, 3.8) is 0 Å². The molecule has 0 saturated carbocycles. The Balaban J connectivity index is 1.34. The molecule has 0 fully saturated rings. The van der Waals surface area contributed by atoms with Gasteiger partial charge in [0.1, 0.15) is 13.2 Å². The highest BCUT2D eigenvalue weighted by molar-refractivity contribution is 5.95. The molecule has 0 radical (unpaired) electrons. The summed E-state index contributed by atoms with van der Waals surface area (Å²) in [4.78, 5) is 67.1. The molecule has 0 spiro atoms. The van der Waals surface area contributed by atoms with Crippen LogP contribution in [0.5, 0.6) is 0 Å². The molecule has 3 aromatic rings. The van der Waals surface area contributed by atoms with E-state index in [1.54, 1.807) is 18.2 Å². The van der Waals surface area contributed by atoms with Crippen molar-refractivity contribution in [2.75, 3.05) is 23.8 Å². The molecule has 2 N–H and O–H groups in total. The minimum atomic E-state index is -0.658. The smallest absolute Gasteiger partial charge is 0.411 e. The summed E-state index contributed by atoms with van der Waals surface area (Å²) in [5, 5.41) is 5.81. The van der Waals surface area contributed by atoms with E-state index in [4.69, 9.17) is 9.47 Å². The molecule has 4 rings (SSSR count). The lowest BCUT2D eigenvalue weighted by Gasteiger charge is -2.21. The second kappa shape index (κ2) is 27.0. The molecule has 1 aliphatic carbocycles. The van der Waals surface area contributed by atoms with Gasteiger partial charge in [-0.3, -0.25) is 29.4 Å². The summed E-state index contributed by atoms with van der Waals surface area (Å²) in [6.07, 6.45) is 15.4. The Hall–Kier alpha value is -4.99. The number of carbonyl (C=O) groups excluding carboxylic acids is 5. The Bertz CT molecular complexity index is 1750. The number of ether oxygens (including phenoxy) is 2. The number of esters is 1. The monoisotopic (exact) mass is 824 g/mol. The van der Waals surface area contributed by atoms with Gasteiger partial charge >= 0.3 is 12.1 Å². The van der Waals surface area contributed by atoms with Gasteiger partial charge in [-0.05, 0) is 66.5 Å². The lowest BCUT2D eigenvalue weighted by molar-refractivity contribution is -0.146. The minimum Gasteiger partial charge on any atom is -0.461 e. The van der Waals surface area contributed by atoms with E-state index in [-0.39, 0.29) is 55.7 Å². The van der Waals surface area contributed by atoms with Crippen molar-refractivity contribution in [1.82, 2.24) is 4.90 Å². The molecule has 0 aliphatic heterocycles. The van der Waals surface area contributed by atoms with Crippen LogP contribution in [0.3, 0.4) is 0 Å². The van der Waals surface area contributed by atoms with Gasteiger partial charge in [0.15, 0.2) is 0 Å². The molecular weight excluding hydrogens is 755 g/mol. The van der Waals surface area contributed by atoms with Crippen LogP contribution in [-0.4, -0.2) is 47.8 Å². The predicted molar refractivity (Wildman–Crippen MR) is 240 cm³/mol. The number of nitrogens with one attached hydrogen (secondary N) is 2. The minimum absolute atomic E-state index is 0.0898. The number of hydrogen-bond donors (Lipinski definition) is 2. The fourth-order valence-corrected chi connectivity index (χ4v) is 7.83.